The molecule has 2 unspecified atom stereocenters. The molecule has 0 aliphatic carbocycles. The molecule has 0 radical (unpaired) electrons. The molecule has 0 fully saturated rings. The van der Waals surface area contributed by atoms with Gasteiger partial charge in [0, 0.05) is 30.3 Å². The van der Waals surface area contributed by atoms with E-state index in [4.69, 9.17) is 5.73 Å². The van der Waals surface area contributed by atoms with Crippen LogP contribution in [0, 0.1) is 5.82 Å². The SMILES string of the molecule is CC1CC(N)Cn2cc(-c3ccc(F)cc3)nc21. The summed E-state index contributed by atoms with van der Waals surface area (Å²) in [5, 5.41) is 0. The van der Waals surface area contributed by atoms with Crippen molar-refractivity contribution >= 4 is 0 Å². The van der Waals surface area contributed by atoms with Gasteiger partial charge < -0.3 is 10.3 Å². The number of fused-ring (bicyclic) bond motifs is 1. The van der Waals surface area contributed by atoms with Crippen LogP contribution < -0.4 is 5.73 Å². The minimum Gasteiger partial charge on any atom is -0.332 e. The molecule has 0 saturated heterocycles. The number of benzene rings is 1. The minimum absolute atomic E-state index is 0.197. The van der Waals surface area contributed by atoms with Gasteiger partial charge in [-0.2, -0.15) is 0 Å². The van der Waals surface area contributed by atoms with Crippen molar-refractivity contribution in [2.24, 2.45) is 5.73 Å². The fourth-order valence-electron chi connectivity index (χ4n) is 2.62. The number of hydrogen-bond acceptors (Lipinski definition) is 2. The van der Waals surface area contributed by atoms with Crippen molar-refractivity contribution in [3.63, 3.8) is 0 Å². The molecule has 1 aromatic heterocycles. The second kappa shape index (κ2) is 4.21. The summed E-state index contributed by atoms with van der Waals surface area (Å²) in [6, 6.07) is 6.64. The van der Waals surface area contributed by atoms with Gasteiger partial charge in [-0.25, -0.2) is 9.37 Å². The van der Waals surface area contributed by atoms with E-state index in [1.54, 1.807) is 12.1 Å². The lowest BCUT2D eigenvalue weighted by molar-refractivity contribution is 0.407. The summed E-state index contributed by atoms with van der Waals surface area (Å²) in [7, 11) is 0. The number of nitrogens with zero attached hydrogens (tertiary/aromatic N) is 2. The van der Waals surface area contributed by atoms with Crippen LogP contribution in [0.25, 0.3) is 11.3 Å². The van der Waals surface area contributed by atoms with E-state index >= 15 is 0 Å². The first-order valence-electron chi connectivity index (χ1n) is 6.22. The monoisotopic (exact) mass is 245 g/mol. The molecule has 18 heavy (non-hydrogen) atoms. The highest BCUT2D eigenvalue weighted by Crippen LogP contribution is 2.28. The Hall–Kier alpha value is -1.68. The Bertz CT molecular complexity index is 559. The lowest BCUT2D eigenvalue weighted by Crippen LogP contribution is -2.33. The summed E-state index contributed by atoms with van der Waals surface area (Å²) in [5.41, 5.74) is 7.85. The third-order valence-electron chi connectivity index (χ3n) is 3.48. The molecular weight excluding hydrogens is 229 g/mol. The molecule has 1 aliphatic rings. The zero-order valence-electron chi connectivity index (χ0n) is 10.3. The maximum Gasteiger partial charge on any atom is 0.123 e. The summed E-state index contributed by atoms with van der Waals surface area (Å²) >= 11 is 0. The summed E-state index contributed by atoms with van der Waals surface area (Å²) < 4.78 is 15.0. The highest BCUT2D eigenvalue weighted by atomic mass is 19.1. The first kappa shape index (κ1) is 11.4. The maximum absolute atomic E-state index is 12.9. The molecule has 3 nitrogen and oxygen atoms in total. The standard InChI is InChI=1S/C14H16FN3/c1-9-6-12(16)7-18-8-13(17-14(9)18)10-2-4-11(15)5-3-10/h2-5,8-9,12H,6-7,16H2,1H3. The molecule has 0 saturated carbocycles. The van der Waals surface area contributed by atoms with Crippen LogP contribution in [0.15, 0.2) is 30.5 Å². The zero-order valence-corrected chi connectivity index (χ0v) is 10.3. The highest BCUT2D eigenvalue weighted by Gasteiger charge is 2.24. The summed E-state index contributed by atoms with van der Waals surface area (Å²) in [4.78, 5) is 4.65. The number of aromatic nitrogens is 2. The molecule has 3 rings (SSSR count). The Morgan fingerprint density at radius 1 is 1.33 bits per heavy atom. The summed E-state index contributed by atoms with van der Waals surface area (Å²) in [6.07, 6.45) is 2.98. The summed E-state index contributed by atoms with van der Waals surface area (Å²) in [5.74, 6) is 1.23. The van der Waals surface area contributed by atoms with Crippen molar-refractivity contribution in [2.75, 3.05) is 0 Å². The maximum atomic E-state index is 12.9. The van der Waals surface area contributed by atoms with Gasteiger partial charge in [0.25, 0.3) is 0 Å². The van der Waals surface area contributed by atoms with Gasteiger partial charge >= 0.3 is 0 Å². The number of nitrogens with two attached hydrogens (primary N) is 1. The Labute approximate surface area is 105 Å². The van der Waals surface area contributed by atoms with E-state index in [-0.39, 0.29) is 11.9 Å². The van der Waals surface area contributed by atoms with Gasteiger partial charge in [-0.1, -0.05) is 6.92 Å². The van der Waals surface area contributed by atoms with Crippen LogP contribution in [0.5, 0.6) is 0 Å². The van der Waals surface area contributed by atoms with Crippen molar-refractivity contribution in [1.29, 1.82) is 0 Å². The van der Waals surface area contributed by atoms with Crippen LogP contribution in [-0.2, 0) is 6.54 Å². The number of hydrogen-bond donors (Lipinski definition) is 1. The molecule has 0 spiro atoms. The smallest absolute Gasteiger partial charge is 0.123 e. The van der Waals surface area contributed by atoms with Crippen molar-refractivity contribution in [1.82, 2.24) is 9.55 Å². The molecule has 1 aliphatic heterocycles. The van der Waals surface area contributed by atoms with Crippen molar-refractivity contribution in [2.45, 2.75) is 31.8 Å². The first-order chi connectivity index (χ1) is 8.63. The topological polar surface area (TPSA) is 43.8 Å². The lowest BCUT2D eigenvalue weighted by Gasteiger charge is -2.25. The van der Waals surface area contributed by atoms with Crippen LogP contribution in [0.1, 0.15) is 25.1 Å². The van der Waals surface area contributed by atoms with Gasteiger partial charge in [0.2, 0.25) is 0 Å². The Balaban J connectivity index is 2.00. The van der Waals surface area contributed by atoms with Crippen molar-refractivity contribution in [3.8, 4) is 11.3 Å². The molecule has 0 amide bonds. The Morgan fingerprint density at radius 3 is 2.78 bits per heavy atom. The van der Waals surface area contributed by atoms with Crippen LogP contribution >= 0.6 is 0 Å². The molecular formula is C14H16FN3. The van der Waals surface area contributed by atoms with Crippen molar-refractivity contribution < 1.29 is 4.39 Å². The minimum atomic E-state index is -0.224. The van der Waals surface area contributed by atoms with Gasteiger partial charge in [-0.15, -0.1) is 0 Å². The molecule has 2 aromatic rings. The van der Waals surface area contributed by atoms with Gasteiger partial charge in [0.15, 0.2) is 0 Å². The fraction of sp³-hybridized carbons (Fsp3) is 0.357. The Morgan fingerprint density at radius 2 is 2.06 bits per heavy atom. The van der Waals surface area contributed by atoms with E-state index in [9.17, 15) is 4.39 Å². The molecule has 4 heteroatoms. The molecule has 2 heterocycles. The van der Waals surface area contributed by atoms with E-state index in [2.05, 4.69) is 16.5 Å². The first-order valence-corrected chi connectivity index (χ1v) is 6.22. The lowest BCUT2D eigenvalue weighted by atomic mass is 9.98. The molecule has 1 aromatic carbocycles. The van der Waals surface area contributed by atoms with E-state index in [1.165, 1.54) is 12.1 Å². The van der Waals surface area contributed by atoms with E-state index in [0.29, 0.717) is 5.92 Å². The van der Waals surface area contributed by atoms with Crippen LogP contribution in [0.3, 0.4) is 0 Å². The average Bonchev–Trinajstić information content (AvgIpc) is 2.74. The third kappa shape index (κ3) is 1.93. The van der Waals surface area contributed by atoms with Gasteiger partial charge in [-0.05, 0) is 30.7 Å². The fourth-order valence-corrected chi connectivity index (χ4v) is 2.62. The second-order valence-electron chi connectivity index (χ2n) is 5.04. The number of halogens is 1. The zero-order chi connectivity index (χ0) is 12.7. The normalized spacial score (nSPS) is 22.8. The van der Waals surface area contributed by atoms with Crippen molar-refractivity contribution in [3.05, 3.63) is 42.1 Å². The largest absolute Gasteiger partial charge is 0.332 e. The van der Waals surface area contributed by atoms with Crippen LogP contribution in [-0.4, -0.2) is 15.6 Å². The molecule has 2 N–H and O–H groups in total. The predicted molar refractivity (Wildman–Crippen MR) is 68.6 cm³/mol. The van der Waals surface area contributed by atoms with Gasteiger partial charge in [-0.3, -0.25) is 0 Å². The third-order valence-corrected chi connectivity index (χ3v) is 3.48. The number of imidazole rings is 1. The summed E-state index contributed by atoms with van der Waals surface area (Å²) in [6.45, 7) is 2.96. The predicted octanol–water partition coefficient (Wildman–Crippen LogP) is 2.52. The second-order valence-corrected chi connectivity index (χ2v) is 5.04. The molecule has 0 bridgehead atoms. The van der Waals surface area contributed by atoms with Crippen LogP contribution in [0.2, 0.25) is 0 Å². The van der Waals surface area contributed by atoms with Crippen LogP contribution in [0.4, 0.5) is 4.39 Å². The number of rotatable bonds is 1. The van der Waals surface area contributed by atoms with E-state index in [0.717, 1.165) is 30.0 Å². The molecule has 2 atom stereocenters. The quantitative estimate of drug-likeness (QED) is 0.839. The van der Waals surface area contributed by atoms with E-state index in [1.807, 2.05) is 6.20 Å². The van der Waals surface area contributed by atoms with Gasteiger partial charge in [0.05, 0.1) is 5.69 Å². The highest BCUT2D eigenvalue weighted by molar-refractivity contribution is 5.58. The molecule has 94 valence electrons. The van der Waals surface area contributed by atoms with E-state index < -0.39 is 0 Å². The van der Waals surface area contributed by atoms with Gasteiger partial charge in [0.1, 0.15) is 11.6 Å². The Kier molecular flexibility index (Phi) is 2.67. The average molecular weight is 245 g/mol.